The van der Waals surface area contributed by atoms with Crippen LogP contribution in [-0.4, -0.2) is 18.6 Å². The lowest BCUT2D eigenvalue weighted by Gasteiger charge is -2.20. The van der Waals surface area contributed by atoms with Crippen molar-refractivity contribution >= 4 is 27.3 Å². The molecule has 2 rings (SSSR count). The summed E-state index contributed by atoms with van der Waals surface area (Å²) in [7, 11) is 2.08. The second-order valence-electron chi connectivity index (χ2n) is 4.41. The predicted molar refractivity (Wildman–Crippen MR) is 84.6 cm³/mol. The molecule has 2 aromatic rings. The van der Waals surface area contributed by atoms with Gasteiger partial charge in [-0.15, -0.1) is 0 Å². The molecule has 4 heteroatoms. The van der Waals surface area contributed by atoms with Crippen molar-refractivity contribution in [2.24, 2.45) is 0 Å². The molecule has 19 heavy (non-hydrogen) atoms. The van der Waals surface area contributed by atoms with E-state index in [0.717, 1.165) is 28.9 Å². The van der Waals surface area contributed by atoms with E-state index < -0.39 is 0 Å². The Balaban J connectivity index is 2.13. The lowest BCUT2D eigenvalue weighted by atomic mass is 10.2. The topological polar surface area (TPSA) is 28.2 Å². The van der Waals surface area contributed by atoms with E-state index in [1.54, 1.807) is 0 Å². The number of nitrogens with zero attached hydrogens (tertiary/aromatic N) is 2. The molecule has 0 aliphatic carbocycles. The first-order valence-corrected chi connectivity index (χ1v) is 7.13. The summed E-state index contributed by atoms with van der Waals surface area (Å²) in [5.41, 5.74) is 3.42. The van der Waals surface area contributed by atoms with Gasteiger partial charge in [-0.3, -0.25) is 4.98 Å². The van der Waals surface area contributed by atoms with E-state index in [-0.39, 0.29) is 0 Å². The van der Waals surface area contributed by atoms with Crippen LogP contribution in [0.1, 0.15) is 12.5 Å². The molecule has 1 aromatic heterocycles. The van der Waals surface area contributed by atoms with Crippen LogP contribution >= 0.6 is 15.9 Å². The number of pyridine rings is 1. The van der Waals surface area contributed by atoms with Crippen LogP contribution in [0.25, 0.3) is 0 Å². The van der Waals surface area contributed by atoms with Crippen molar-refractivity contribution in [3.8, 4) is 0 Å². The fourth-order valence-corrected chi connectivity index (χ4v) is 2.32. The molecule has 0 spiro atoms. The maximum Gasteiger partial charge on any atom is 0.0573 e. The number of hydrogen-bond donors (Lipinski definition) is 1. The summed E-state index contributed by atoms with van der Waals surface area (Å²) in [4.78, 5) is 6.46. The van der Waals surface area contributed by atoms with Crippen molar-refractivity contribution < 1.29 is 0 Å². The van der Waals surface area contributed by atoms with E-state index in [4.69, 9.17) is 0 Å². The Kier molecular flexibility index (Phi) is 4.80. The van der Waals surface area contributed by atoms with Gasteiger partial charge in [-0.1, -0.05) is 34.1 Å². The highest BCUT2D eigenvalue weighted by Crippen LogP contribution is 2.22. The third-order valence-corrected chi connectivity index (χ3v) is 3.68. The average Bonchev–Trinajstić information content (AvgIpc) is 2.42. The molecule has 0 fully saturated rings. The Bertz CT molecular complexity index is 542. The van der Waals surface area contributed by atoms with Crippen LogP contribution in [0.15, 0.2) is 47.2 Å². The van der Waals surface area contributed by atoms with E-state index >= 15 is 0 Å². The SMILES string of the molecule is CCNc1cncc(N(C)Cc2ccccc2Br)c1. The molecule has 1 heterocycles. The Labute approximate surface area is 122 Å². The second-order valence-corrected chi connectivity index (χ2v) is 5.26. The minimum atomic E-state index is 0.846. The van der Waals surface area contributed by atoms with Crippen molar-refractivity contribution in [1.82, 2.24) is 4.98 Å². The molecule has 0 atom stereocenters. The molecule has 0 unspecified atom stereocenters. The summed E-state index contributed by atoms with van der Waals surface area (Å²) in [5.74, 6) is 0. The lowest BCUT2D eigenvalue weighted by Crippen LogP contribution is -2.17. The van der Waals surface area contributed by atoms with Gasteiger partial charge in [0.1, 0.15) is 0 Å². The Morgan fingerprint density at radius 1 is 1.26 bits per heavy atom. The number of benzene rings is 1. The van der Waals surface area contributed by atoms with Crippen LogP contribution in [0.4, 0.5) is 11.4 Å². The van der Waals surface area contributed by atoms with Gasteiger partial charge in [-0.25, -0.2) is 0 Å². The fourth-order valence-electron chi connectivity index (χ4n) is 1.91. The van der Waals surface area contributed by atoms with Crippen LogP contribution < -0.4 is 10.2 Å². The van der Waals surface area contributed by atoms with Crippen LogP contribution in [0.3, 0.4) is 0 Å². The molecule has 0 aliphatic rings. The van der Waals surface area contributed by atoms with Crippen molar-refractivity contribution in [3.63, 3.8) is 0 Å². The molecule has 1 N–H and O–H groups in total. The molecule has 0 amide bonds. The largest absolute Gasteiger partial charge is 0.384 e. The van der Waals surface area contributed by atoms with Crippen molar-refractivity contribution in [2.45, 2.75) is 13.5 Å². The summed E-state index contributed by atoms with van der Waals surface area (Å²) in [6.45, 7) is 3.83. The molecular formula is C15H18BrN3. The third-order valence-electron chi connectivity index (χ3n) is 2.91. The first-order chi connectivity index (χ1) is 9.20. The lowest BCUT2D eigenvalue weighted by molar-refractivity contribution is 0.913. The van der Waals surface area contributed by atoms with Crippen LogP contribution in [0.2, 0.25) is 0 Å². The van der Waals surface area contributed by atoms with E-state index in [0.29, 0.717) is 0 Å². The summed E-state index contributed by atoms with van der Waals surface area (Å²) < 4.78 is 1.14. The minimum absolute atomic E-state index is 0.846. The van der Waals surface area contributed by atoms with Gasteiger partial charge in [0.25, 0.3) is 0 Å². The molecule has 0 saturated heterocycles. The average molecular weight is 320 g/mol. The Morgan fingerprint density at radius 2 is 2.05 bits per heavy atom. The summed E-state index contributed by atoms with van der Waals surface area (Å²) in [6.07, 6.45) is 3.73. The van der Waals surface area contributed by atoms with Gasteiger partial charge >= 0.3 is 0 Å². The number of rotatable bonds is 5. The van der Waals surface area contributed by atoms with E-state index in [1.807, 2.05) is 18.5 Å². The van der Waals surface area contributed by atoms with Crippen LogP contribution in [0.5, 0.6) is 0 Å². The zero-order valence-electron chi connectivity index (χ0n) is 11.2. The quantitative estimate of drug-likeness (QED) is 0.905. The summed E-state index contributed by atoms with van der Waals surface area (Å²) >= 11 is 3.58. The highest BCUT2D eigenvalue weighted by atomic mass is 79.9. The maximum atomic E-state index is 4.27. The van der Waals surface area contributed by atoms with Gasteiger partial charge in [-0.2, -0.15) is 0 Å². The molecule has 0 saturated carbocycles. The number of halogens is 1. The van der Waals surface area contributed by atoms with E-state index in [2.05, 4.69) is 69.4 Å². The normalized spacial score (nSPS) is 10.3. The minimum Gasteiger partial charge on any atom is -0.384 e. The molecule has 0 aliphatic heterocycles. The monoisotopic (exact) mass is 319 g/mol. The molecule has 0 radical (unpaired) electrons. The molecule has 100 valence electrons. The van der Waals surface area contributed by atoms with Crippen LogP contribution in [0, 0.1) is 0 Å². The predicted octanol–water partition coefficient (Wildman–Crippen LogP) is 3.91. The zero-order chi connectivity index (χ0) is 13.7. The van der Waals surface area contributed by atoms with Crippen molar-refractivity contribution in [3.05, 3.63) is 52.8 Å². The first-order valence-electron chi connectivity index (χ1n) is 6.34. The number of nitrogens with one attached hydrogen (secondary N) is 1. The van der Waals surface area contributed by atoms with Crippen molar-refractivity contribution in [1.29, 1.82) is 0 Å². The van der Waals surface area contributed by atoms with Gasteiger partial charge < -0.3 is 10.2 Å². The van der Waals surface area contributed by atoms with Gasteiger partial charge in [0.05, 0.1) is 23.8 Å². The number of anilines is 2. The van der Waals surface area contributed by atoms with E-state index in [9.17, 15) is 0 Å². The zero-order valence-corrected chi connectivity index (χ0v) is 12.8. The molecule has 3 nitrogen and oxygen atoms in total. The Morgan fingerprint density at radius 3 is 2.79 bits per heavy atom. The first kappa shape index (κ1) is 13.9. The second kappa shape index (κ2) is 6.57. The summed E-state index contributed by atoms with van der Waals surface area (Å²) in [6, 6.07) is 10.4. The number of aromatic nitrogens is 1. The molecule has 0 bridgehead atoms. The fraction of sp³-hybridized carbons (Fsp3) is 0.267. The van der Waals surface area contributed by atoms with Gasteiger partial charge in [0.15, 0.2) is 0 Å². The standard InChI is InChI=1S/C15H18BrN3/c1-3-18-13-8-14(10-17-9-13)19(2)11-12-6-4-5-7-15(12)16/h4-10,18H,3,11H2,1-2H3. The smallest absolute Gasteiger partial charge is 0.0573 e. The summed E-state index contributed by atoms with van der Waals surface area (Å²) in [5, 5.41) is 3.28. The Hall–Kier alpha value is -1.55. The highest BCUT2D eigenvalue weighted by Gasteiger charge is 2.06. The van der Waals surface area contributed by atoms with Gasteiger partial charge in [-0.05, 0) is 24.6 Å². The maximum absolute atomic E-state index is 4.27. The van der Waals surface area contributed by atoms with Crippen LogP contribution in [-0.2, 0) is 6.54 Å². The number of hydrogen-bond acceptors (Lipinski definition) is 3. The van der Waals surface area contributed by atoms with Crippen molar-refractivity contribution in [2.75, 3.05) is 23.8 Å². The van der Waals surface area contributed by atoms with E-state index in [1.165, 1.54) is 5.56 Å². The van der Waals surface area contributed by atoms with Gasteiger partial charge in [0, 0.05) is 24.6 Å². The molecule has 1 aromatic carbocycles. The van der Waals surface area contributed by atoms with Gasteiger partial charge in [0.2, 0.25) is 0 Å². The molecular weight excluding hydrogens is 302 g/mol. The third kappa shape index (κ3) is 3.70. The highest BCUT2D eigenvalue weighted by molar-refractivity contribution is 9.10.